The Labute approximate surface area is 145 Å². The van der Waals surface area contributed by atoms with Crippen molar-refractivity contribution in [3.05, 3.63) is 67.0 Å². The summed E-state index contributed by atoms with van der Waals surface area (Å²) in [6.45, 7) is 0. The maximum absolute atomic E-state index is 6.10. The fourth-order valence-electron chi connectivity index (χ4n) is 2.83. The molecular weight excluding hydrogens is 312 g/mol. The molecule has 2 N–H and O–H groups in total. The first-order valence-corrected chi connectivity index (χ1v) is 7.87. The molecule has 0 amide bonds. The van der Waals surface area contributed by atoms with Gasteiger partial charge in [0.2, 0.25) is 5.88 Å². The van der Waals surface area contributed by atoms with Gasteiger partial charge >= 0.3 is 0 Å². The van der Waals surface area contributed by atoms with Gasteiger partial charge in [-0.25, -0.2) is 4.98 Å². The van der Waals surface area contributed by atoms with Crippen LogP contribution in [-0.4, -0.2) is 22.1 Å². The summed E-state index contributed by atoms with van der Waals surface area (Å²) in [4.78, 5) is 13.5. The molecule has 3 aromatic heterocycles. The normalized spacial score (nSPS) is 10.8. The van der Waals surface area contributed by atoms with Gasteiger partial charge in [0.15, 0.2) is 0 Å². The van der Waals surface area contributed by atoms with Gasteiger partial charge in [0, 0.05) is 29.4 Å². The van der Waals surface area contributed by atoms with Gasteiger partial charge in [0.1, 0.15) is 0 Å². The Kier molecular flexibility index (Phi) is 3.74. The number of hydrogen-bond donors (Lipinski definition) is 1. The van der Waals surface area contributed by atoms with E-state index in [-0.39, 0.29) is 0 Å². The van der Waals surface area contributed by atoms with Gasteiger partial charge in [-0.15, -0.1) is 0 Å². The Hall–Kier alpha value is -3.47. The van der Waals surface area contributed by atoms with Crippen LogP contribution in [0.1, 0.15) is 0 Å². The summed E-state index contributed by atoms with van der Waals surface area (Å²) in [6.07, 6.45) is 3.54. The molecule has 0 saturated carbocycles. The number of benzene rings is 1. The lowest BCUT2D eigenvalue weighted by Gasteiger charge is -2.09. The molecule has 0 radical (unpaired) electrons. The lowest BCUT2D eigenvalue weighted by atomic mass is 10.0. The minimum Gasteiger partial charge on any atom is -0.481 e. The molecule has 3 heterocycles. The molecule has 0 aliphatic rings. The Morgan fingerprint density at radius 1 is 0.880 bits per heavy atom. The number of pyridine rings is 3. The molecule has 4 aromatic rings. The van der Waals surface area contributed by atoms with Gasteiger partial charge < -0.3 is 10.5 Å². The van der Waals surface area contributed by atoms with Gasteiger partial charge in [0.25, 0.3) is 0 Å². The molecule has 5 nitrogen and oxygen atoms in total. The maximum Gasteiger partial charge on any atom is 0.213 e. The largest absolute Gasteiger partial charge is 0.481 e. The number of nitrogen functional groups attached to an aromatic ring is 1. The van der Waals surface area contributed by atoms with Gasteiger partial charge in [-0.1, -0.05) is 24.3 Å². The molecule has 4 rings (SSSR count). The number of ether oxygens (including phenoxy) is 1. The number of anilines is 1. The summed E-state index contributed by atoms with van der Waals surface area (Å²) in [5, 5.41) is 2.18. The van der Waals surface area contributed by atoms with Crippen LogP contribution in [0.4, 0.5) is 5.69 Å². The first-order chi connectivity index (χ1) is 12.3. The quantitative estimate of drug-likeness (QED) is 0.616. The SMILES string of the molecule is COc1ccc(N)c(-c2ccnc(-c3nccc4ccccc34)c2)n1. The predicted molar refractivity (Wildman–Crippen MR) is 99.2 cm³/mol. The lowest BCUT2D eigenvalue weighted by molar-refractivity contribution is 0.398. The standard InChI is InChI=1S/C20H16N4O/c1-25-18-7-6-16(21)19(24-18)14-9-10-22-17(12-14)20-15-5-3-2-4-13(15)8-11-23-20/h2-12H,21H2,1H3. The zero-order valence-electron chi connectivity index (χ0n) is 13.7. The van der Waals surface area contributed by atoms with E-state index < -0.39 is 0 Å². The molecule has 1 aromatic carbocycles. The second-order valence-corrected chi connectivity index (χ2v) is 5.60. The van der Waals surface area contributed by atoms with E-state index in [9.17, 15) is 0 Å². The van der Waals surface area contributed by atoms with E-state index >= 15 is 0 Å². The summed E-state index contributed by atoms with van der Waals surface area (Å²) in [5.41, 5.74) is 9.84. The summed E-state index contributed by atoms with van der Waals surface area (Å²) >= 11 is 0. The third-order valence-electron chi connectivity index (χ3n) is 4.06. The van der Waals surface area contributed by atoms with Crippen molar-refractivity contribution in [1.82, 2.24) is 15.0 Å². The van der Waals surface area contributed by atoms with Crippen molar-refractivity contribution in [2.45, 2.75) is 0 Å². The average molecular weight is 328 g/mol. The fourth-order valence-corrected chi connectivity index (χ4v) is 2.83. The Morgan fingerprint density at radius 2 is 1.72 bits per heavy atom. The molecule has 25 heavy (non-hydrogen) atoms. The van der Waals surface area contributed by atoms with Crippen molar-refractivity contribution in [1.29, 1.82) is 0 Å². The topological polar surface area (TPSA) is 73.9 Å². The third-order valence-corrected chi connectivity index (χ3v) is 4.06. The van der Waals surface area contributed by atoms with Crippen LogP contribution in [0, 0.1) is 0 Å². The molecule has 0 bridgehead atoms. The first kappa shape index (κ1) is 15.1. The molecular formula is C20H16N4O. The smallest absolute Gasteiger partial charge is 0.213 e. The second kappa shape index (κ2) is 6.20. The lowest BCUT2D eigenvalue weighted by Crippen LogP contribution is -1.97. The third kappa shape index (κ3) is 2.76. The summed E-state index contributed by atoms with van der Waals surface area (Å²) in [6, 6.07) is 17.5. The number of nitrogens with zero attached hydrogens (tertiary/aromatic N) is 3. The minimum absolute atomic E-state index is 0.519. The number of hydrogen-bond acceptors (Lipinski definition) is 5. The van der Waals surface area contributed by atoms with E-state index in [4.69, 9.17) is 10.5 Å². The Bertz CT molecular complexity index is 1060. The molecule has 0 aliphatic carbocycles. The van der Waals surface area contributed by atoms with E-state index in [2.05, 4.69) is 21.0 Å². The van der Waals surface area contributed by atoms with Crippen molar-refractivity contribution in [2.75, 3.05) is 12.8 Å². The maximum atomic E-state index is 6.10. The summed E-state index contributed by atoms with van der Waals surface area (Å²) < 4.78 is 5.21. The van der Waals surface area contributed by atoms with Crippen LogP contribution in [0.15, 0.2) is 67.0 Å². The average Bonchev–Trinajstić information content (AvgIpc) is 2.68. The predicted octanol–water partition coefficient (Wildman–Crippen LogP) is 3.95. The van der Waals surface area contributed by atoms with Crippen molar-refractivity contribution in [3.8, 4) is 28.5 Å². The van der Waals surface area contributed by atoms with Crippen molar-refractivity contribution in [3.63, 3.8) is 0 Å². The molecule has 0 unspecified atom stereocenters. The highest BCUT2D eigenvalue weighted by Crippen LogP contribution is 2.30. The molecule has 5 heteroatoms. The molecule has 0 aliphatic heterocycles. The molecule has 0 saturated heterocycles. The minimum atomic E-state index is 0.519. The van der Waals surface area contributed by atoms with Crippen LogP contribution in [0.25, 0.3) is 33.4 Å². The van der Waals surface area contributed by atoms with Crippen LogP contribution in [0.5, 0.6) is 5.88 Å². The van der Waals surface area contributed by atoms with E-state index in [1.54, 1.807) is 31.6 Å². The van der Waals surface area contributed by atoms with Crippen molar-refractivity contribution >= 4 is 16.5 Å². The zero-order valence-corrected chi connectivity index (χ0v) is 13.7. The van der Waals surface area contributed by atoms with E-state index in [1.165, 1.54) is 0 Å². The van der Waals surface area contributed by atoms with Crippen molar-refractivity contribution < 1.29 is 4.74 Å². The Balaban J connectivity index is 1.88. The van der Waals surface area contributed by atoms with Crippen molar-refractivity contribution in [2.24, 2.45) is 0 Å². The highest BCUT2D eigenvalue weighted by molar-refractivity contribution is 5.94. The Morgan fingerprint density at radius 3 is 2.60 bits per heavy atom. The molecule has 0 spiro atoms. The van der Waals surface area contributed by atoms with Crippen LogP contribution in [0.2, 0.25) is 0 Å². The van der Waals surface area contributed by atoms with Gasteiger partial charge in [-0.3, -0.25) is 9.97 Å². The second-order valence-electron chi connectivity index (χ2n) is 5.60. The monoisotopic (exact) mass is 328 g/mol. The van der Waals surface area contributed by atoms with Gasteiger partial charge in [-0.2, -0.15) is 0 Å². The highest BCUT2D eigenvalue weighted by Gasteiger charge is 2.11. The van der Waals surface area contributed by atoms with Crippen LogP contribution >= 0.6 is 0 Å². The molecule has 0 fully saturated rings. The highest BCUT2D eigenvalue weighted by atomic mass is 16.5. The van der Waals surface area contributed by atoms with Crippen LogP contribution in [0.3, 0.4) is 0 Å². The number of nitrogens with two attached hydrogens (primary N) is 1. The van der Waals surface area contributed by atoms with E-state index in [0.717, 1.165) is 27.7 Å². The number of aromatic nitrogens is 3. The van der Waals surface area contributed by atoms with Gasteiger partial charge in [-0.05, 0) is 29.7 Å². The van der Waals surface area contributed by atoms with E-state index in [0.29, 0.717) is 17.3 Å². The first-order valence-electron chi connectivity index (χ1n) is 7.87. The zero-order chi connectivity index (χ0) is 17.2. The number of fused-ring (bicyclic) bond motifs is 1. The summed E-state index contributed by atoms with van der Waals surface area (Å²) in [5.74, 6) is 0.519. The van der Waals surface area contributed by atoms with Gasteiger partial charge in [0.05, 0.1) is 29.9 Å². The van der Waals surface area contributed by atoms with E-state index in [1.807, 2.05) is 36.4 Å². The molecule has 122 valence electrons. The fraction of sp³-hybridized carbons (Fsp3) is 0.0500. The molecule has 0 atom stereocenters. The number of methoxy groups -OCH3 is 1. The van der Waals surface area contributed by atoms with Crippen LogP contribution in [-0.2, 0) is 0 Å². The number of rotatable bonds is 3. The van der Waals surface area contributed by atoms with Crippen LogP contribution < -0.4 is 10.5 Å². The summed E-state index contributed by atoms with van der Waals surface area (Å²) in [7, 11) is 1.58.